The molecule has 0 aromatic heterocycles. The third-order valence-corrected chi connectivity index (χ3v) is 1.97. The topological polar surface area (TPSA) is 37.3 Å². The summed E-state index contributed by atoms with van der Waals surface area (Å²) in [5.74, 6) is 0.531. The molecule has 1 aliphatic rings. The maximum Gasteiger partial charge on any atom is 0.135 e. The Kier molecular flexibility index (Phi) is 1.86. The summed E-state index contributed by atoms with van der Waals surface area (Å²) in [6.45, 7) is 1.98. The molecule has 0 spiro atoms. The molecule has 0 radical (unpaired) electrons. The van der Waals surface area contributed by atoms with Crippen molar-refractivity contribution in [3.05, 3.63) is 0 Å². The molecule has 0 aliphatic heterocycles. The number of hydrogen-bond acceptors (Lipinski definition) is 2. The minimum absolute atomic E-state index is 0.209. The van der Waals surface area contributed by atoms with Gasteiger partial charge < -0.3 is 5.11 Å². The maximum absolute atomic E-state index is 10.7. The molecule has 2 atom stereocenters. The van der Waals surface area contributed by atoms with Crippen LogP contribution in [0.3, 0.4) is 0 Å². The van der Waals surface area contributed by atoms with Crippen molar-refractivity contribution in [3.63, 3.8) is 0 Å². The number of hydrogen-bond donors (Lipinski definition) is 1. The van der Waals surface area contributed by atoms with Gasteiger partial charge in [0.05, 0.1) is 6.10 Å². The fraction of sp³-hybridized carbons (Fsp3) is 0.857. The summed E-state index contributed by atoms with van der Waals surface area (Å²) in [6.07, 6.45) is 1.53. The van der Waals surface area contributed by atoms with E-state index in [0.717, 1.165) is 6.42 Å². The molecule has 2 nitrogen and oxygen atoms in total. The van der Waals surface area contributed by atoms with Gasteiger partial charge in [-0.25, -0.2) is 0 Å². The molecule has 0 amide bonds. The van der Waals surface area contributed by atoms with Crippen LogP contribution in [0.2, 0.25) is 0 Å². The molecule has 0 aromatic rings. The first-order valence-electron chi connectivity index (χ1n) is 3.40. The molecule has 0 saturated heterocycles. The zero-order valence-corrected chi connectivity index (χ0v) is 5.63. The van der Waals surface area contributed by atoms with E-state index in [0.29, 0.717) is 18.8 Å². The van der Waals surface area contributed by atoms with E-state index in [1.54, 1.807) is 0 Å². The van der Waals surface area contributed by atoms with Crippen LogP contribution in [-0.4, -0.2) is 17.0 Å². The summed E-state index contributed by atoms with van der Waals surface area (Å²) in [5.41, 5.74) is 0. The van der Waals surface area contributed by atoms with Gasteiger partial charge in [0.2, 0.25) is 0 Å². The molecular formula is C7H12O2. The van der Waals surface area contributed by atoms with E-state index < -0.39 is 0 Å². The quantitative estimate of drug-likeness (QED) is 0.522. The Morgan fingerprint density at radius 1 is 1.67 bits per heavy atom. The zero-order chi connectivity index (χ0) is 6.85. The first-order chi connectivity index (χ1) is 4.20. The Morgan fingerprint density at radius 3 is 2.78 bits per heavy atom. The first-order valence-corrected chi connectivity index (χ1v) is 3.40. The number of aliphatic hydroxyl groups is 1. The van der Waals surface area contributed by atoms with E-state index in [4.69, 9.17) is 5.11 Å². The smallest absolute Gasteiger partial charge is 0.135 e. The Balaban J connectivity index is 2.44. The fourth-order valence-electron chi connectivity index (χ4n) is 1.12. The summed E-state index contributed by atoms with van der Waals surface area (Å²) in [6, 6.07) is 0. The fourth-order valence-corrected chi connectivity index (χ4v) is 1.12. The third-order valence-electron chi connectivity index (χ3n) is 1.97. The first kappa shape index (κ1) is 6.75. The summed E-state index contributed by atoms with van der Waals surface area (Å²) < 4.78 is 0. The maximum atomic E-state index is 10.7. The van der Waals surface area contributed by atoms with Gasteiger partial charge in [0.15, 0.2) is 0 Å². The highest BCUT2D eigenvalue weighted by Gasteiger charge is 2.23. The van der Waals surface area contributed by atoms with Gasteiger partial charge in [-0.15, -0.1) is 0 Å². The molecule has 0 aromatic carbocycles. The van der Waals surface area contributed by atoms with Crippen molar-refractivity contribution in [2.45, 2.75) is 32.3 Å². The van der Waals surface area contributed by atoms with Crippen molar-refractivity contribution in [2.24, 2.45) is 5.92 Å². The third kappa shape index (κ3) is 1.52. The van der Waals surface area contributed by atoms with Crippen molar-refractivity contribution in [2.75, 3.05) is 0 Å². The van der Waals surface area contributed by atoms with Gasteiger partial charge in [0.25, 0.3) is 0 Å². The number of Topliss-reactive ketones (excluding diaryl/α,β-unsaturated/α-hetero) is 1. The van der Waals surface area contributed by atoms with Crippen molar-refractivity contribution < 1.29 is 9.90 Å². The van der Waals surface area contributed by atoms with E-state index in [1.165, 1.54) is 0 Å². The molecule has 1 unspecified atom stereocenters. The van der Waals surface area contributed by atoms with Crippen LogP contribution in [0.25, 0.3) is 0 Å². The van der Waals surface area contributed by atoms with Crippen LogP contribution in [0.5, 0.6) is 0 Å². The van der Waals surface area contributed by atoms with Gasteiger partial charge in [-0.3, -0.25) is 4.79 Å². The lowest BCUT2D eigenvalue weighted by atomic mass is 9.87. The summed E-state index contributed by atoms with van der Waals surface area (Å²) in [7, 11) is 0. The van der Waals surface area contributed by atoms with Crippen LogP contribution in [0, 0.1) is 5.92 Å². The molecule has 0 bridgehead atoms. The molecule has 1 N–H and O–H groups in total. The molecule has 52 valence electrons. The lowest BCUT2D eigenvalue weighted by Crippen LogP contribution is -2.27. The highest BCUT2D eigenvalue weighted by molar-refractivity contribution is 5.79. The lowest BCUT2D eigenvalue weighted by Gasteiger charge is -2.22. The Labute approximate surface area is 54.9 Å². The predicted octanol–water partition coefficient (Wildman–Crippen LogP) is 0.736. The van der Waals surface area contributed by atoms with Crippen molar-refractivity contribution in [1.29, 1.82) is 0 Å². The average molecular weight is 128 g/mol. The van der Waals surface area contributed by atoms with Gasteiger partial charge in [-0.1, -0.05) is 6.92 Å². The van der Waals surface area contributed by atoms with Crippen molar-refractivity contribution in [3.8, 4) is 0 Å². The van der Waals surface area contributed by atoms with Crippen LogP contribution >= 0.6 is 0 Å². The minimum atomic E-state index is -0.369. The monoisotopic (exact) mass is 128 g/mol. The number of carbonyl (C=O) groups excluding carboxylic acids is 1. The second-order valence-electron chi connectivity index (χ2n) is 2.83. The Hall–Kier alpha value is -0.370. The van der Waals surface area contributed by atoms with Crippen LogP contribution in [0.15, 0.2) is 0 Å². The number of rotatable bonds is 0. The summed E-state index contributed by atoms with van der Waals surface area (Å²) in [5, 5.41) is 9.13. The van der Waals surface area contributed by atoms with Gasteiger partial charge in [-0.05, 0) is 12.3 Å². The van der Waals surface area contributed by atoms with Crippen LogP contribution in [0.4, 0.5) is 0 Å². The number of carbonyl (C=O) groups is 1. The summed E-state index contributed by atoms with van der Waals surface area (Å²) >= 11 is 0. The summed E-state index contributed by atoms with van der Waals surface area (Å²) in [4.78, 5) is 10.7. The largest absolute Gasteiger partial charge is 0.392 e. The number of ketones is 1. The SMILES string of the molecule is CC1CCC(=O)C[C@@H]1O. The van der Waals surface area contributed by atoms with E-state index >= 15 is 0 Å². The average Bonchev–Trinajstić information content (AvgIpc) is 1.80. The van der Waals surface area contributed by atoms with E-state index in [1.807, 2.05) is 6.92 Å². The Bertz CT molecular complexity index is 120. The zero-order valence-electron chi connectivity index (χ0n) is 5.63. The highest BCUT2D eigenvalue weighted by Crippen LogP contribution is 2.20. The second kappa shape index (κ2) is 2.48. The number of aliphatic hydroxyl groups excluding tert-OH is 1. The van der Waals surface area contributed by atoms with Crippen molar-refractivity contribution in [1.82, 2.24) is 0 Å². The molecule has 1 aliphatic carbocycles. The second-order valence-corrected chi connectivity index (χ2v) is 2.83. The van der Waals surface area contributed by atoms with E-state index in [9.17, 15) is 4.79 Å². The van der Waals surface area contributed by atoms with Gasteiger partial charge in [0.1, 0.15) is 5.78 Å². The lowest BCUT2D eigenvalue weighted by molar-refractivity contribution is -0.124. The predicted molar refractivity (Wildman–Crippen MR) is 34.0 cm³/mol. The van der Waals surface area contributed by atoms with Gasteiger partial charge in [-0.2, -0.15) is 0 Å². The van der Waals surface area contributed by atoms with Crippen molar-refractivity contribution >= 4 is 5.78 Å². The molecule has 2 heteroatoms. The van der Waals surface area contributed by atoms with Crippen LogP contribution in [0.1, 0.15) is 26.2 Å². The van der Waals surface area contributed by atoms with Crippen LogP contribution in [-0.2, 0) is 4.79 Å². The molecular weight excluding hydrogens is 116 g/mol. The molecule has 9 heavy (non-hydrogen) atoms. The van der Waals surface area contributed by atoms with E-state index in [-0.39, 0.29) is 11.9 Å². The molecule has 1 saturated carbocycles. The van der Waals surface area contributed by atoms with Crippen LogP contribution < -0.4 is 0 Å². The molecule has 0 heterocycles. The minimum Gasteiger partial charge on any atom is -0.392 e. The molecule has 1 fully saturated rings. The normalized spacial score (nSPS) is 36.9. The highest BCUT2D eigenvalue weighted by atomic mass is 16.3. The Morgan fingerprint density at radius 2 is 2.33 bits per heavy atom. The van der Waals surface area contributed by atoms with Gasteiger partial charge in [0, 0.05) is 12.8 Å². The van der Waals surface area contributed by atoms with E-state index in [2.05, 4.69) is 0 Å². The van der Waals surface area contributed by atoms with Gasteiger partial charge >= 0.3 is 0 Å². The standard InChI is InChI=1S/C7H12O2/c1-5-2-3-6(8)4-7(5)9/h5,7,9H,2-4H2,1H3/t5?,7-/m0/s1. The molecule has 1 rings (SSSR count).